The third-order valence-corrected chi connectivity index (χ3v) is 4.40. The minimum atomic E-state index is -0.431. The monoisotopic (exact) mass is 394 g/mol. The third-order valence-electron chi connectivity index (χ3n) is 4.16. The average molecular weight is 395 g/mol. The van der Waals surface area contributed by atoms with Crippen molar-refractivity contribution < 1.29 is 14.0 Å². The van der Waals surface area contributed by atoms with Gasteiger partial charge in [-0.15, -0.1) is 0 Å². The topological polar surface area (TPSA) is 100 Å². The van der Waals surface area contributed by atoms with Crippen molar-refractivity contribution in [2.24, 2.45) is 0 Å². The van der Waals surface area contributed by atoms with Crippen molar-refractivity contribution in [3.63, 3.8) is 0 Å². The van der Waals surface area contributed by atoms with Gasteiger partial charge >= 0.3 is 0 Å². The zero-order chi connectivity index (χ0) is 19.5. The molecule has 0 aliphatic rings. The Morgan fingerprint density at radius 1 is 1.07 bits per heavy atom. The maximum Gasteiger partial charge on any atom is 0.276 e. The van der Waals surface area contributed by atoms with Crippen molar-refractivity contribution in [1.29, 1.82) is 0 Å². The summed E-state index contributed by atoms with van der Waals surface area (Å²) in [5.41, 5.74) is 1.57. The molecule has 0 radical (unpaired) electrons. The van der Waals surface area contributed by atoms with Crippen LogP contribution >= 0.6 is 11.6 Å². The summed E-state index contributed by atoms with van der Waals surface area (Å²) in [4.78, 5) is 25.3. The predicted octanol–water partition coefficient (Wildman–Crippen LogP) is 3.99. The smallest absolute Gasteiger partial charge is 0.276 e. The van der Waals surface area contributed by atoms with E-state index in [0.29, 0.717) is 21.9 Å². The number of benzene rings is 2. The van der Waals surface area contributed by atoms with Crippen LogP contribution in [0.4, 0.5) is 5.69 Å². The number of carbonyl (C=O) groups is 2. The lowest BCUT2D eigenvalue weighted by atomic mass is 10.1. The second-order valence-electron chi connectivity index (χ2n) is 6.02. The Labute approximate surface area is 164 Å². The van der Waals surface area contributed by atoms with Crippen molar-refractivity contribution in [1.82, 2.24) is 15.5 Å². The number of para-hydroxylation sites is 1. The van der Waals surface area contributed by atoms with Gasteiger partial charge in [0.15, 0.2) is 5.69 Å². The Morgan fingerprint density at radius 2 is 1.93 bits per heavy atom. The lowest BCUT2D eigenvalue weighted by molar-refractivity contribution is 0.0949. The molecule has 0 atom stereocenters. The summed E-state index contributed by atoms with van der Waals surface area (Å²) in [6, 6.07) is 15.5. The van der Waals surface area contributed by atoms with E-state index < -0.39 is 5.91 Å². The summed E-state index contributed by atoms with van der Waals surface area (Å²) in [6.07, 6.45) is 1.53. The molecule has 4 rings (SSSR count). The van der Waals surface area contributed by atoms with Crippen LogP contribution in [0.1, 0.15) is 26.6 Å². The van der Waals surface area contributed by atoms with Gasteiger partial charge < -0.3 is 15.1 Å². The van der Waals surface area contributed by atoms with Crippen LogP contribution in [0.25, 0.3) is 10.9 Å². The molecule has 0 spiro atoms. The van der Waals surface area contributed by atoms with E-state index in [1.807, 2.05) is 18.2 Å². The number of aromatic amines is 1. The van der Waals surface area contributed by atoms with Gasteiger partial charge in [0.2, 0.25) is 0 Å². The van der Waals surface area contributed by atoms with Gasteiger partial charge in [-0.1, -0.05) is 29.8 Å². The lowest BCUT2D eigenvalue weighted by Crippen LogP contribution is -2.25. The first-order valence-electron chi connectivity index (χ1n) is 8.46. The van der Waals surface area contributed by atoms with Gasteiger partial charge in [-0.25, -0.2) is 0 Å². The van der Waals surface area contributed by atoms with Crippen LogP contribution in [0, 0.1) is 0 Å². The summed E-state index contributed by atoms with van der Waals surface area (Å²) in [5.74, 6) is -0.204. The summed E-state index contributed by atoms with van der Waals surface area (Å²) in [5, 5.41) is 13.5. The number of anilines is 1. The molecule has 2 aromatic heterocycles. The van der Waals surface area contributed by atoms with Crippen molar-refractivity contribution in [2.75, 3.05) is 5.32 Å². The molecule has 2 aromatic carbocycles. The molecule has 0 unspecified atom stereocenters. The van der Waals surface area contributed by atoms with E-state index in [4.69, 9.17) is 16.0 Å². The van der Waals surface area contributed by atoms with Gasteiger partial charge in [-0.3, -0.25) is 14.7 Å². The second-order valence-corrected chi connectivity index (χ2v) is 6.46. The number of nitrogens with one attached hydrogen (secondary N) is 3. The number of nitrogens with zero attached hydrogens (tertiary/aromatic N) is 1. The second kappa shape index (κ2) is 7.58. The summed E-state index contributed by atoms with van der Waals surface area (Å²) in [6.45, 7) is 0.218. The fourth-order valence-electron chi connectivity index (χ4n) is 2.81. The van der Waals surface area contributed by atoms with E-state index >= 15 is 0 Å². The zero-order valence-electron chi connectivity index (χ0n) is 14.5. The number of amides is 2. The summed E-state index contributed by atoms with van der Waals surface area (Å²) < 4.78 is 5.21. The van der Waals surface area contributed by atoms with Gasteiger partial charge in [0, 0.05) is 10.4 Å². The van der Waals surface area contributed by atoms with Crippen molar-refractivity contribution in [3.05, 3.63) is 82.9 Å². The maximum absolute atomic E-state index is 12.7. The molecule has 2 heterocycles. The number of furan rings is 1. The standard InChI is InChI=1S/C20H15ClN4O3/c21-12-7-8-16(15(10-12)19(26)22-11-13-4-3-9-28-13)23-20(27)18-14-5-1-2-6-17(14)24-25-18/h1-10H,11H2,(H,22,26)(H,23,27)(H,24,25). The first kappa shape index (κ1) is 17.8. The molecule has 4 aromatic rings. The largest absolute Gasteiger partial charge is 0.467 e. The number of carbonyl (C=O) groups excluding carboxylic acids is 2. The molecule has 2 amide bonds. The average Bonchev–Trinajstić information content (AvgIpc) is 3.37. The Balaban J connectivity index is 1.57. The van der Waals surface area contributed by atoms with Crippen molar-refractivity contribution in [3.8, 4) is 0 Å². The fraction of sp³-hybridized carbons (Fsp3) is 0.0500. The molecule has 0 saturated heterocycles. The summed E-state index contributed by atoms with van der Waals surface area (Å²) in [7, 11) is 0. The molecule has 0 fully saturated rings. The van der Waals surface area contributed by atoms with E-state index in [2.05, 4.69) is 20.8 Å². The van der Waals surface area contributed by atoms with Crippen LogP contribution in [0.3, 0.4) is 0 Å². The highest BCUT2D eigenvalue weighted by atomic mass is 35.5. The molecule has 0 bridgehead atoms. The van der Waals surface area contributed by atoms with E-state index in [0.717, 1.165) is 5.52 Å². The molecular weight excluding hydrogens is 380 g/mol. The number of H-pyrrole nitrogens is 1. The third kappa shape index (κ3) is 3.60. The number of hydrogen-bond acceptors (Lipinski definition) is 4. The van der Waals surface area contributed by atoms with Crippen LogP contribution in [-0.4, -0.2) is 22.0 Å². The molecule has 0 aliphatic heterocycles. The number of hydrogen-bond donors (Lipinski definition) is 3. The maximum atomic E-state index is 12.7. The van der Waals surface area contributed by atoms with Gasteiger partial charge in [0.25, 0.3) is 11.8 Å². The molecule has 8 heteroatoms. The quantitative estimate of drug-likeness (QED) is 0.476. The van der Waals surface area contributed by atoms with Crippen molar-refractivity contribution >= 4 is 40.0 Å². The first-order chi connectivity index (χ1) is 13.6. The number of aromatic nitrogens is 2. The summed E-state index contributed by atoms with van der Waals surface area (Å²) >= 11 is 6.05. The van der Waals surface area contributed by atoms with Gasteiger partial charge in [-0.05, 0) is 36.4 Å². The fourth-order valence-corrected chi connectivity index (χ4v) is 2.98. The number of rotatable bonds is 5. The van der Waals surface area contributed by atoms with Crippen LogP contribution < -0.4 is 10.6 Å². The van der Waals surface area contributed by atoms with Gasteiger partial charge in [-0.2, -0.15) is 5.10 Å². The minimum Gasteiger partial charge on any atom is -0.467 e. The van der Waals surface area contributed by atoms with E-state index in [1.54, 1.807) is 30.3 Å². The minimum absolute atomic E-state index is 0.218. The SMILES string of the molecule is O=C(NCc1ccco1)c1cc(Cl)ccc1NC(=O)c1n[nH]c2ccccc12. The Morgan fingerprint density at radius 3 is 2.75 bits per heavy atom. The molecular formula is C20H15ClN4O3. The zero-order valence-corrected chi connectivity index (χ0v) is 15.3. The molecule has 0 saturated carbocycles. The molecule has 140 valence electrons. The lowest BCUT2D eigenvalue weighted by Gasteiger charge is -2.11. The van der Waals surface area contributed by atoms with Gasteiger partial charge in [0.1, 0.15) is 5.76 Å². The number of fused-ring (bicyclic) bond motifs is 1. The highest BCUT2D eigenvalue weighted by Crippen LogP contribution is 2.23. The Bertz CT molecular complexity index is 1150. The number of halogens is 1. The molecule has 28 heavy (non-hydrogen) atoms. The highest BCUT2D eigenvalue weighted by Gasteiger charge is 2.18. The molecule has 3 N–H and O–H groups in total. The van der Waals surface area contributed by atoms with E-state index in [1.165, 1.54) is 12.3 Å². The Kier molecular flexibility index (Phi) is 4.82. The first-order valence-corrected chi connectivity index (χ1v) is 8.84. The van der Waals surface area contributed by atoms with Crippen LogP contribution in [0.2, 0.25) is 5.02 Å². The van der Waals surface area contributed by atoms with Gasteiger partial charge in [0.05, 0.1) is 29.6 Å². The van der Waals surface area contributed by atoms with Crippen LogP contribution in [0.5, 0.6) is 0 Å². The van der Waals surface area contributed by atoms with Crippen LogP contribution in [0.15, 0.2) is 65.3 Å². The van der Waals surface area contributed by atoms with Crippen LogP contribution in [-0.2, 0) is 6.54 Å². The van der Waals surface area contributed by atoms with Crippen molar-refractivity contribution in [2.45, 2.75) is 6.54 Å². The highest BCUT2D eigenvalue weighted by molar-refractivity contribution is 6.31. The predicted molar refractivity (Wildman–Crippen MR) is 105 cm³/mol. The van der Waals surface area contributed by atoms with E-state index in [9.17, 15) is 9.59 Å². The molecule has 0 aliphatic carbocycles. The van der Waals surface area contributed by atoms with E-state index in [-0.39, 0.29) is 23.7 Å². The molecule has 7 nitrogen and oxygen atoms in total. The normalized spacial score (nSPS) is 10.8. The Hall–Kier alpha value is -3.58.